The number of hydrogen-bond acceptors (Lipinski definition) is 3. The first-order chi connectivity index (χ1) is 9.55. The first-order valence-corrected chi connectivity index (χ1v) is 7.93. The van der Waals surface area contributed by atoms with Gasteiger partial charge >= 0.3 is 0 Å². The average molecular weight is 335 g/mol. The molecule has 0 aliphatic heterocycles. The number of hydrogen-bond donors (Lipinski definition) is 2. The summed E-state index contributed by atoms with van der Waals surface area (Å²) in [6, 6.07) is 6.30. The fourth-order valence-corrected chi connectivity index (χ4v) is 2.77. The second-order valence-electron chi connectivity index (χ2n) is 4.79. The van der Waals surface area contributed by atoms with E-state index in [1.807, 2.05) is 13.8 Å². The van der Waals surface area contributed by atoms with Gasteiger partial charge in [0.05, 0.1) is 5.54 Å². The number of halogens is 2. The summed E-state index contributed by atoms with van der Waals surface area (Å²) in [5.74, 6) is 0.449. The van der Waals surface area contributed by atoms with Crippen LogP contribution in [-0.4, -0.2) is 23.7 Å². The van der Waals surface area contributed by atoms with Gasteiger partial charge in [-0.3, -0.25) is 4.79 Å². The zero-order valence-electron chi connectivity index (χ0n) is 12.5. The van der Waals surface area contributed by atoms with Gasteiger partial charge in [-0.2, -0.15) is 0 Å². The van der Waals surface area contributed by atoms with Gasteiger partial charge in [0.2, 0.25) is 5.91 Å². The van der Waals surface area contributed by atoms with Crippen molar-refractivity contribution in [3.63, 3.8) is 0 Å². The predicted molar refractivity (Wildman–Crippen MR) is 89.5 cm³/mol. The van der Waals surface area contributed by atoms with Crippen molar-refractivity contribution in [3.05, 3.63) is 30.1 Å². The largest absolute Gasteiger partial charge is 0.349 e. The smallest absolute Gasteiger partial charge is 0.221 e. The molecule has 3 nitrogen and oxygen atoms in total. The summed E-state index contributed by atoms with van der Waals surface area (Å²) in [5, 5.41) is 3.04. The second kappa shape index (κ2) is 10.0. The number of carbonyl (C=O) groups excluding carboxylic acids is 1. The maximum atomic E-state index is 12.8. The van der Waals surface area contributed by atoms with Gasteiger partial charge in [0.1, 0.15) is 5.82 Å². The molecule has 0 bridgehead atoms. The lowest BCUT2D eigenvalue weighted by atomic mass is 9.93. The Hall–Kier alpha value is -0.780. The molecule has 0 unspecified atom stereocenters. The maximum Gasteiger partial charge on any atom is 0.221 e. The third kappa shape index (κ3) is 6.68. The molecule has 0 fully saturated rings. The molecule has 1 aromatic carbocycles. The summed E-state index contributed by atoms with van der Waals surface area (Å²) in [6.45, 7) is 4.52. The number of thioether (sulfide) groups is 1. The van der Waals surface area contributed by atoms with E-state index in [2.05, 4.69) is 5.32 Å². The summed E-state index contributed by atoms with van der Waals surface area (Å²) >= 11 is 1.55. The molecule has 1 aromatic rings. The van der Waals surface area contributed by atoms with Crippen molar-refractivity contribution in [2.45, 2.75) is 43.5 Å². The minimum absolute atomic E-state index is 0. The van der Waals surface area contributed by atoms with E-state index in [1.54, 1.807) is 23.9 Å². The van der Waals surface area contributed by atoms with Crippen LogP contribution in [0, 0.1) is 5.82 Å². The van der Waals surface area contributed by atoms with Crippen LogP contribution in [0.15, 0.2) is 29.2 Å². The van der Waals surface area contributed by atoms with Crippen LogP contribution in [0.5, 0.6) is 0 Å². The molecule has 1 amide bonds. The van der Waals surface area contributed by atoms with Crippen molar-refractivity contribution in [2.75, 3.05) is 12.3 Å². The minimum Gasteiger partial charge on any atom is -0.349 e. The van der Waals surface area contributed by atoms with Gasteiger partial charge in [-0.15, -0.1) is 24.2 Å². The van der Waals surface area contributed by atoms with Crippen LogP contribution in [0.4, 0.5) is 4.39 Å². The molecule has 120 valence electrons. The van der Waals surface area contributed by atoms with Crippen molar-refractivity contribution in [1.29, 1.82) is 0 Å². The number of nitrogens with one attached hydrogen (secondary N) is 1. The Morgan fingerprint density at radius 3 is 2.33 bits per heavy atom. The van der Waals surface area contributed by atoms with E-state index in [4.69, 9.17) is 5.73 Å². The van der Waals surface area contributed by atoms with Gasteiger partial charge in [0.25, 0.3) is 0 Å². The highest BCUT2D eigenvalue weighted by atomic mass is 35.5. The summed E-state index contributed by atoms with van der Waals surface area (Å²) in [6.07, 6.45) is 2.09. The maximum absolute atomic E-state index is 12.8. The van der Waals surface area contributed by atoms with E-state index < -0.39 is 0 Å². The van der Waals surface area contributed by atoms with Crippen LogP contribution in [0.1, 0.15) is 33.1 Å². The Kier molecular flexibility index (Phi) is 9.66. The molecule has 0 saturated carbocycles. The molecule has 1 rings (SSSR count). The van der Waals surface area contributed by atoms with Crippen molar-refractivity contribution < 1.29 is 9.18 Å². The molecule has 21 heavy (non-hydrogen) atoms. The van der Waals surface area contributed by atoms with Crippen LogP contribution in [0.2, 0.25) is 0 Å². The minimum atomic E-state index is -0.280. The lowest BCUT2D eigenvalue weighted by Gasteiger charge is -2.31. The van der Waals surface area contributed by atoms with Gasteiger partial charge in [0, 0.05) is 23.6 Å². The highest BCUT2D eigenvalue weighted by molar-refractivity contribution is 7.99. The third-order valence-electron chi connectivity index (χ3n) is 3.56. The number of amides is 1. The average Bonchev–Trinajstić information content (AvgIpc) is 2.47. The highest BCUT2D eigenvalue weighted by Crippen LogP contribution is 2.19. The van der Waals surface area contributed by atoms with Gasteiger partial charge in [-0.25, -0.2) is 4.39 Å². The highest BCUT2D eigenvalue weighted by Gasteiger charge is 2.25. The molecule has 3 N–H and O–H groups in total. The molecule has 0 aliphatic rings. The number of carbonyl (C=O) groups is 1. The standard InChI is InChI=1S/C15H23FN2OS.ClH/c1-3-15(4-2,11-17)18-14(19)9-10-20-13-7-5-12(16)6-8-13;/h5-8H,3-4,9-11,17H2,1-2H3,(H,18,19);1H. The molecule has 0 aromatic heterocycles. The molecule has 0 heterocycles. The summed E-state index contributed by atoms with van der Waals surface area (Å²) < 4.78 is 12.8. The first kappa shape index (κ1) is 20.2. The number of benzene rings is 1. The van der Waals surface area contributed by atoms with Crippen molar-refractivity contribution in [1.82, 2.24) is 5.32 Å². The topological polar surface area (TPSA) is 55.1 Å². The van der Waals surface area contributed by atoms with Crippen molar-refractivity contribution in [3.8, 4) is 0 Å². The molecular formula is C15H24ClFN2OS. The Morgan fingerprint density at radius 1 is 1.29 bits per heavy atom. The molecule has 0 atom stereocenters. The van der Waals surface area contributed by atoms with Gasteiger partial charge in [0.15, 0.2) is 0 Å². The molecular weight excluding hydrogens is 311 g/mol. The van der Waals surface area contributed by atoms with E-state index >= 15 is 0 Å². The zero-order chi connectivity index (χ0) is 15.0. The Balaban J connectivity index is 0.00000400. The molecule has 0 spiro atoms. The van der Waals surface area contributed by atoms with E-state index in [0.29, 0.717) is 18.7 Å². The van der Waals surface area contributed by atoms with Gasteiger partial charge < -0.3 is 11.1 Å². The first-order valence-electron chi connectivity index (χ1n) is 6.94. The summed E-state index contributed by atoms with van der Waals surface area (Å²) in [4.78, 5) is 12.9. The van der Waals surface area contributed by atoms with Gasteiger partial charge in [-0.05, 0) is 37.1 Å². The lowest BCUT2D eigenvalue weighted by Crippen LogP contribution is -2.52. The fraction of sp³-hybridized carbons (Fsp3) is 0.533. The number of rotatable bonds is 8. The van der Waals surface area contributed by atoms with Crippen molar-refractivity contribution >= 4 is 30.1 Å². The van der Waals surface area contributed by atoms with Gasteiger partial charge in [-0.1, -0.05) is 13.8 Å². The van der Waals surface area contributed by atoms with Crippen LogP contribution in [-0.2, 0) is 4.79 Å². The summed E-state index contributed by atoms with van der Waals surface area (Å²) in [5.41, 5.74) is 5.48. The van der Waals surface area contributed by atoms with Crippen LogP contribution in [0.3, 0.4) is 0 Å². The van der Waals surface area contributed by atoms with Crippen LogP contribution < -0.4 is 11.1 Å². The van der Waals surface area contributed by atoms with Crippen LogP contribution >= 0.6 is 24.2 Å². The zero-order valence-corrected chi connectivity index (χ0v) is 14.2. The number of nitrogens with two attached hydrogens (primary N) is 1. The Bertz CT molecular complexity index is 416. The lowest BCUT2D eigenvalue weighted by molar-refractivity contribution is -0.122. The predicted octanol–water partition coefficient (Wildman–Crippen LogP) is 3.36. The monoisotopic (exact) mass is 334 g/mol. The molecule has 0 radical (unpaired) electrons. The molecule has 0 saturated heterocycles. The Morgan fingerprint density at radius 2 is 1.86 bits per heavy atom. The Labute approximate surface area is 136 Å². The quantitative estimate of drug-likeness (QED) is 0.717. The third-order valence-corrected chi connectivity index (χ3v) is 4.57. The van der Waals surface area contributed by atoms with E-state index in [0.717, 1.165) is 17.7 Å². The normalized spacial score (nSPS) is 10.9. The van der Waals surface area contributed by atoms with E-state index in [1.165, 1.54) is 12.1 Å². The summed E-state index contributed by atoms with van der Waals surface area (Å²) in [7, 11) is 0. The van der Waals surface area contributed by atoms with E-state index in [9.17, 15) is 9.18 Å². The van der Waals surface area contributed by atoms with E-state index in [-0.39, 0.29) is 29.7 Å². The van der Waals surface area contributed by atoms with Crippen LogP contribution in [0.25, 0.3) is 0 Å². The second-order valence-corrected chi connectivity index (χ2v) is 5.96. The molecule has 0 aliphatic carbocycles. The molecule has 6 heteroatoms. The SMILES string of the molecule is CCC(CC)(CN)NC(=O)CCSc1ccc(F)cc1.Cl. The fourth-order valence-electron chi connectivity index (χ4n) is 1.92. The van der Waals surface area contributed by atoms with Crippen molar-refractivity contribution in [2.24, 2.45) is 5.73 Å².